The number of aliphatic carboxylic acids is 1. The fourth-order valence-electron chi connectivity index (χ4n) is 4.79. The SMILES string of the molecule is [2H]C1[C@H](O)c2cc(C(C)C)ccc2[C@@]2(C)CCC[C@@](C)(C(=O)O)[C@H]12. The van der Waals surface area contributed by atoms with E-state index >= 15 is 0 Å². The van der Waals surface area contributed by atoms with E-state index in [1.807, 2.05) is 6.07 Å². The van der Waals surface area contributed by atoms with Crippen molar-refractivity contribution in [1.82, 2.24) is 0 Å². The third kappa shape index (κ3) is 2.32. The maximum Gasteiger partial charge on any atom is 0.309 e. The Bertz CT molecular complexity index is 671. The minimum Gasteiger partial charge on any atom is -0.481 e. The van der Waals surface area contributed by atoms with Gasteiger partial charge in [-0.3, -0.25) is 4.79 Å². The number of hydrogen-bond donors (Lipinski definition) is 2. The van der Waals surface area contributed by atoms with Crippen molar-refractivity contribution in [2.45, 2.75) is 70.8 Å². The first-order valence-electron chi connectivity index (χ1n) is 9.18. The summed E-state index contributed by atoms with van der Waals surface area (Å²) in [5, 5.41) is 20.7. The van der Waals surface area contributed by atoms with Gasteiger partial charge in [0.1, 0.15) is 0 Å². The Balaban J connectivity index is 2.20. The zero-order chi connectivity index (χ0) is 17.9. The molecule has 1 aromatic rings. The van der Waals surface area contributed by atoms with Crippen LogP contribution >= 0.6 is 0 Å². The van der Waals surface area contributed by atoms with E-state index in [-0.39, 0.29) is 11.3 Å². The topological polar surface area (TPSA) is 57.5 Å². The highest BCUT2D eigenvalue weighted by Crippen LogP contribution is 2.59. The number of carbonyl (C=O) groups is 1. The fourth-order valence-corrected chi connectivity index (χ4v) is 4.79. The Kier molecular flexibility index (Phi) is 3.53. The van der Waals surface area contributed by atoms with Crippen LogP contribution in [0.3, 0.4) is 0 Å². The van der Waals surface area contributed by atoms with Crippen LogP contribution in [0.4, 0.5) is 0 Å². The largest absolute Gasteiger partial charge is 0.481 e. The molecular weight excluding hydrogens is 288 g/mol. The van der Waals surface area contributed by atoms with Crippen LogP contribution < -0.4 is 0 Å². The Morgan fingerprint density at radius 2 is 2.04 bits per heavy atom. The number of rotatable bonds is 2. The number of benzene rings is 1. The molecule has 2 aliphatic rings. The van der Waals surface area contributed by atoms with Gasteiger partial charge in [0.2, 0.25) is 0 Å². The Labute approximate surface area is 140 Å². The summed E-state index contributed by atoms with van der Waals surface area (Å²) in [4.78, 5) is 12.0. The standard InChI is InChI=1S/C20H28O3/c1-12(2)13-6-7-15-14(10-13)16(21)11-17-19(15,3)8-5-9-20(17,4)18(22)23/h6-7,10,12,16-17,21H,5,8-9,11H2,1-4H3,(H,22,23)/t16-,17+,19+,20+/m0/s1/i11D/t11?,16-,17+,19+,20+. The summed E-state index contributed by atoms with van der Waals surface area (Å²) in [6.45, 7) is 8.09. The van der Waals surface area contributed by atoms with Crippen molar-refractivity contribution in [3.8, 4) is 0 Å². The molecule has 5 atom stereocenters. The van der Waals surface area contributed by atoms with Crippen LogP contribution in [0.2, 0.25) is 0 Å². The maximum absolute atomic E-state index is 12.0. The van der Waals surface area contributed by atoms with E-state index in [4.69, 9.17) is 1.37 Å². The molecule has 0 aromatic heterocycles. The minimum atomic E-state index is -0.963. The molecule has 0 saturated heterocycles. The van der Waals surface area contributed by atoms with Crippen LogP contribution in [0.15, 0.2) is 18.2 Å². The lowest BCUT2D eigenvalue weighted by atomic mass is 9.49. The molecule has 2 N–H and O–H groups in total. The monoisotopic (exact) mass is 317 g/mol. The van der Waals surface area contributed by atoms with Gasteiger partial charge in [0.15, 0.2) is 0 Å². The van der Waals surface area contributed by atoms with Crippen LogP contribution in [0.25, 0.3) is 0 Å². The summed E-state index contributed by atoms with van der Waals surface area (Å²) in [6.07, 6.45) is 0.546. The minimum absolute atomic E-state index is 0.354. The highest BCUT2D eigenvalue weighted by molar-refractivity contribution is 5.75. The summed E-state index contributed by atoms with van der Waals surface area (Å²) in [5.74, 6) is -0.873. The molecule has 3 rings (SSSR count). The molecule has 1 unspecified atom stereocenters. The highest BCUT2D eigenvalue weighted by Gasteiger charge is 2.56. The van der Waals surface area contributed by atoms with Crippen molar-refractivity contribution in [2.75, 3.05) is 0 Å². The first-order valence-corrected chi connectivity index (χ1v) is 8.61. The summed E-state index contributed by atoms with van der Waals surface area (Å²) < 4.78 is 8.67. The van der Waals surface area contributed by atoms with E-state index in [0.717, 1.165) is 29.5 Å². The molecule has 0 spiro atoms. The number of carboxylic acid groups (broad SMARTS) is 1. The molecule has 0 bridgehead atoms. The molecule has 0 radical (unpaired) electrons. The van der Waals surface area contributed by atoms with Crippen LogP contribution in [-0.2, 0) is 10.2 Å². The van der Waals surface area contributed by atoms with E-state index < -0.39 is 23.9 Å². The average molecular weight is 317 g/mol. The number of aliphatic hydroxyl groups is 1. The zero-order valence-electron chi connectivity index (χ0n) is 15.5. The summed E-state index contributed by atoms with van der Waals surface area (Å²) in [7, 11) is 0. The first-order chi connectivity index (χ1) is 11.1. The molecule has 1 aromatic carbocycles. The molecular formula is C20H28O3. The normalized spacial score (nSPS) is 40.3. The molecule has 1 saturated carbocycles. The predicted molar refractivity (Wildman–Crippen MR) is 90.5 cm³/mol. The molecule has 126 valence electrons. The van der Waals surface area contributed by atoms with E-state index in [1.165, 1.54) is 0 Å². The van der Waals surface area contributed by atoms with Crippen LogP contribution in [0.1, 0.15) is 83.4 Å². The lowest BCUT2D eigenvalue weighted by molar-refractivity contribution is -0.159. The highest BCUT2D eigenvalue weighted by atomic mass is 16.4. The van der Waals surface area contributed by atoms with Gasteiger partial charge in [-0.2, -0.15) is 0 Å². The van der Waals surface area contributed by atoms with Gasteiger partial charge in [-0.25, -0.2) is 0 Å². The van der Waals surface area contributed by atoms with Gasteiger partial charge in [-0.15, -0.1) is 0 Å². The molecule has 3 nitrogen and oxygen atoms in total. The third-order valence-corrected chi connectivity index (χ3v) is 6.30. The Morgan fingerprint density at radius 3 is 2.65 bits per heavy atom. The molecule has 0 aliphatic heterocycles. The maximum atomic E-state index is 12.0. The quantitative estimate of drug-likeness (QED) is 0.850. The summed E-state index contributed by atoms with van der Waals surface area (Å²) in [5.41, 5.74) is 1.69. The van der Waals surface area contributed by atoms with E-state index in [0.29, 0.717) is 12.3 Å². The molecule has 1 fully saturated rings. The van der Waals surface area contributed by atoms with Crippen molar-refractivity contribution >= 4 is 5.97 Å². The molecule has 3 heteroatoms. The van der Waals surface area contributed by atoms with Crippen LogP contribution in [-0.4, -0.2) is 16.2 Å². The number of fused-ring (bicyclic) bond motifs is 3. The number of carboxylic acids is 1. The molecule has 0 amide bonds. The van der Waals surface area contributed by atoms with Gasteiger partial charge >= 0.3 is 5.97 Å². The Morgan fingerprint density at radius 1 is 1.35 bits per heavy atom. The second kappa shape index (κ2) is 5.34. The van der Waals surface area contributed by atoms with Gasteiger partial charge in [-0.05, 0) is 60.1 Å². The van der Waals surface area contributed by atoms with Gasteiger partial charge in [0, 0.05) is 1.37 Å². The van der Waals surface area contributed by atoms with Crippen molar-refractivity contribution in [3.05, 3.63) is 34.9 Å². The van der Waals surface area contributed by atoms with Crippen molar-refractivity contribution in [3.63, 3.8) is 0 Å². The van der Waals surface area contributed by atoms with E-state index in [9.17, 15) is 15.0 Å². The lowest BCUT2D eigenvalue weighted by Crippen LogP contribution is -2.53. The summed E-state index contributed by atoms with van der Waals surface area (Å²) >= 11 is 0. The molecule has 2 aliphatic carbocycles. The fraction of sp³-hybridized carbons (Fsp3) is 0.650. The van der Waals surface area contributed by atoms with Gasteiger partial charge in [0.25, 0.3) is 0 Å². The van der Waals surface area contributed by atoms with Gasteiger partial charge in [0.05, 0.1) is 11.5 Å². The third-order valence-electron chi connectivity index (χ3n) is 6.30. The van der Waals surface area contributed by atoms with Crippen molar-refractivity contribution < 1.29 is 16.4 Å². The number of aliphatic hydroxyl groups excluding tert-OH is 1. The zero-order valence-corrected chi connectivity index (χ0v) is 14.5. The second-order valence-electron chi connectivity index (χ2n) is 8.11. The van der Waals surface area contributed by atoms with Gasteiger partial charge in [-0.1, -0.05) is 45.4 Å². The molecule has 23 heavy (non-hydrogen) atoms. The van der Waals surface area contributed by atoms with Crippen LogP contribution in [0.5, 0.6) is 0 Å². The van der Waals surface area contributed by atoms with E-state index in [1.54, 1.807) is 6.92 Å². The molecule has 0 heterocycles. The average Bonchev–Trinajstić information content (AvgIpc) is 2.52. The Hall–Kier alpha value is -1.35. The van der Waals surface area contributed by atoms with E-state index in [2.05, 4.69) is 32.9 Å². The van der Waals surface area contributed by atoms with Crippen LogP contribution in [0, 0.1) is 11.3 Å². The second-order valence-corrected chi connectivity index (χ2v) is 8.11. The van der Waals surface area contributed by atoms with Gasteiger partial charge < -0.3 is 10.2 Å². The van der Waals surface area contributed by atoms with Crippen molar-refractivity contribution in [1.29, 1.82) is 0 Å². The number of hydrogen-bond acceptors (Lipinski definition) is 2. The smallest absolute Gasteiger partial charge is 0.309 e. The van der Waals surface area contributed by atoms with Crippen molar-refractivity contribution in [2.24, 2.45) is 11.3 Å². The summed E-state index contributed by atoms with van der Waals surface area (Å²) in [6, 6.07) is 6.19. The first kappa shape index (κ1) is 15.2. The predicted octanol–water partition coefficient (Wildman–Crippen LogP) is 4.40. The lowest BCUT2D eigenvalue weighted by Gasteiger charge is -2.54.